The molecule has 2 N–H and O–H groups in total. The number of rotatable bonds is 7. The van der Waals surface area contributed by atoms with E-state index in [1.165, 1.54) is 0 Å². The lowest BCUT2D eigenvalue weighted by molar-refractivity contribution is -0.137. The van der Waals surface area contributed by atoms with Gasteiger partial charge in [-0.15, -0.1) is 0 Å². The van der Waals surface area contributed by atoms with E-state index in [2.05, 4.69) is 20.7 Å². The van der Waals surface area contributed by atoms with Gasteiger partial charge < -0.3 is 5.11 Å². The topological polar surface area (TPSA) is 101 Å². The van der Waals surface area contributed by atoms with Crippen LogP contribution in [0.25, 0.3) is 0 Å². The van der Waals surface area contributed by atoms with Crippen LogP contribution in [0, 0.1) is 16.7 Å². The van der Waals surface area contributed by atoms with E-state index >= 15 is 0 Å². The molecule has 6 nitrogen and oxygen atoms in total. The highest BCUT2D eigenvalue weighted by Gasteiger charge is 2.65. The fourth-order valence-corrected chi connectivity index (χ4v) is 7.30. The second-order valence-corrected chi connectivity index (χ2v) is 10.9. The van der Waals surface area contributed by atoms with Crippen molar-refractivity contribution in [1.82, 2.24) is 4.72 Å². The van der Waals surface area contributed by atoms with Crippen LogP contribution in [0.15, 0.2) is 28.7 Å². The van der Waals surface area contributed by atoms with E-state index < -0.39 is 27.4 Å². The molecule has 148 valence electrons. The Morgan fingerprint density at radius 3 is 2.63 bits per heavy atom. The standard InChI is InChI=1S/C19H24BrNO5S/c1-18(2)13-6-7-19(18,16(22)9-13)11-27(25,26)21-15(10-17(23)24)12-4-3-5-14(20)8-12/h3-5,8,13,15,21H,6-7,9-11H2,1-2H3,(H,23,24)/t13-,15+,19+/m1/s1. The Kier molecular flexibility index (Phi) is 5.29. The zero-order chi connectivity index (χ0) is 20.0. The van der Waals surface area contributed by atoms with Gasteiger partial charge in [0, 0.05) is 16.3 Å². The fraction of sp³-hybridized carbons (Fsp3) is 0.579. The molecule has 2 saturated carbocycles. The highest BCUT2D eigenvalue weighted by Crippen LogP contribution is 2.64. The maximum absolute atomic E-state index is 13.0. The third-order valence-corrected chi connectivity index (χ3v) is 8.54. The number of sulfonamides is 1. The first-order valence-corrected chi connectivity index (χ1v) is 11.4. The molecule has 2 aliphatic rings. The molecule has 2 bridgehead atoms. The van der Waals surface area contributed by atoms with Crippen molar-refractivity contribution in [2.75, 3.05) is 5.75 Å². The number of carbonyl (C=O) groups is 2. The lowest BCUT2D eigenvalue weighted by atomic mass is 9.70. The average Bonchev–Trinajstić information content (AvgIpc) is 2.87. The Bertz CT molecular complexity index is 882. The van der Waals surface area contributed by atoms with Crippen LogP contribution < -0.4 is 4.72 Å². The summed E-state index contributed by atoms with van der Waals surface area (Å²) in [5.74, 6) is -1.14. The quantitative estimate of drug-likeness (QED) is 0.653. The first-order chi connectivity index (χ1) is 12.5. The second-order valence-electron chi connectivity index (χ2n) is 8.25. The molecule has 3 rings (SSSR count). The van der Waals surface area contributed by atoms with Crippen LogP contribution >= 0.6 is 15.9 Å². The van der Waals surface area contributed by atoms with Crippen molar-refractivity contribution in [2.24, 2.45) is 16.7 Å². The zero-order valence-electron chi connectivity index (χ0n) is 15.4. The molecule has 0 unspecified atom stereocenters. The zero-order valence-corrected chi connectivity index (χ0v) is 17.8. The Labute approximate surface area is 167 Å². The SMILES string of the molecule is CC1(C)[C@@H]2CC[C@]1(CS(=O)(=O)N[C@@H](CC(=O)O)c1cccc(Br)c1)C(=O)C2. The molecular formula is C19H24BrNO5S. The van der Waals surface area contributed by atoms with Crippen LogP contribution in [0.4, 0.5) is 0 Å². The Hall–Kier alpha value is -1.25. The molecule has 2 fully saturated rings. The molecule has 8 heteroatoms. The lowest BCUT2D eigenvalue weighted by Crippen LogP contribution is -2.46. The summed E-state index contributed by atoms with van der Waals surface area (Å²) in [5, 5.41) is 9.22. The first-order valence-electron chi connectivity index (χ1n) is 8.97. The molecule has 1 aromatic rings. The van der Waals surface area contributed by atoms with E-state index in [0.717, 1.165) is 10.9 Å². The van der Waals surface area contributed by atoms with Gasteiger partial charge in [0.1, 0.15) is 5.78 Å². The van der Waals surface area contributed by atoms with Gasteiger partial charge in [0.15, 0.2) is 0 Å². The number of nitrogens with one attached hydrogen (secondary N) is 1. The highest BCUT2D eigenvalue weighted by atomic mass is 79.9. The van der Waals surface area contributed by atoms with Crippen molar-refractivity contribution in [2.45, 2.75) is 45.6 Å². The minimum atomic E-state index is -3.87. The molecule has 3 atom stereocenters. The summed E-state index contributed by atoms with van der Waals surface area (Å²) in [4.78, 5) is 23.9. The van der Waals surface area contributed by atoms with E-state index in [0.29, 0.717) is 18.4 Å². The number of Topliss-reactive ketones (excluding diaryl/α,β-unsaturated/α-hetero) is 1. The fourth-order valence-electron chi connectivity index (χ4n) is 4.82. The van der Waals surface area contributed by atoms with Crippen LogP contribution in [-0.2, 0) is 19.6 Å². The summed E-state index contributed by atoms with van der Waals surface area (Å²) >= 11 is 3.33. The third kappa shape index (κ3) is 3.71. The van der Waals surface area contributed by atoms with E-state index in [4.69, 9.17) is 0 Å². The Morgan fingerprint density at radius 1 is 1.41 bits per heavy atom. The summed E-state index contributed by atoms with van der Waals surface area (Å²) in [7, 11) is -3.87. The van der Waals surface area contributed by atoms with Crippen molar-refractivity contribution in [3.8, 4) is 0 Å². The number of carboxylic acid groups (broad SMARTS) is 1. The molecule has 0 aromatic heterocycles. The van der Waals surface area contributed by atoms with Crippen molar-refractivity contribution < 1.29 is 23.1 Å². The van der Waals surface area contributed by atoms with Crippen LogP contribution in [0.5, 0.6) is 0 Å². The molecule has 2 aliphatic carbocycles. The number of ketones is 1. The normalized spacial score (nSPS) is 27.7. The summed E-state index contributed by atoms with van der Waals surface area (Å²) in [6.45, 7) is 3.96. The molecule has 0 spiro atoms. The van der Waals surface area contributed by atoms with E-state index in [9.17, 15) is 23.1 Å². The van der Waals surface area contributed by atoms with Crippen LogP contribution in [0.1, 0.15) is 51.1 Å². The Balaban J connectivity index is 1.87. The van der Waals surface area contributed by atoms with Crippen molar-refractivity contribution in [3.05, 3.63) is 34.3 Å². The first kappa shape index (κ1) is 20.5. The van der Waals surface area contributed by atoms with Crippen molar-refractivity contribution >= 4 is 37.7 Å². The van der Waals surface area contributed by atoms with Gasteiger partial charge in [-0.2, -0.15) is 0 Å². The molecule has 0 aliphatic heterocycles. The van der Waals surface area contributed by atoms with Crippen molar-refractivity contribution in [3.63, 3.8) is 0 Å². The summed E-state index contributed by atoms with van der Waals surface area (Å²) in [5.41, 5.74) is -0.681. The van der Waals surface area contributed by atoms with Gasteiger partial charge in [-0.1, -0.05) is 41.9 Å². The summed E-state index contributed by atoms with van der Waals surface area (Å²) in [6.07, 6.45) is 1.50. The Morgan fingerprint density at radius 2 is 2.11 bits per heavy atom. The van der Waals surface area contributed by atoms with Crippen LogP contribution in [0.3, 0.4) is 0 Å². The molecule has 0 saturated heterocycles. The number of fused-ring (bicyclic) bond motifs is 2. The molecule has 0 heterocycles. The smallest absolute Gasteiger partial charge is 0.305 e. The van der Waals surface area contributed by atoms with Crippen LogP contribution in [-0.4, -0.2) is 31.0 Å². The van der Waals surface area contributed by atoms with Gasteiger partial charge in [-0.3, -0.25) is 9.59 Å². The van der Waals surface area contributed by atoms with E-state index in [1.54, 1.807) is 24.3 Å². The number of halogens is 1. The molecule has 27 heavy (non-hydrogen) atoms. The lowest BCUT2D eigenvalue weighted by Gasteiger charge is -2.36. The number of carboxylic acids is 1. The predicted octanol–water partition coefficient (Wildman–Crippen LogP) is 3.28. The van der Waals surface area contributed by atoms with Gasteiger partial charge in [0.05, 0.1) is 18.2 Å². The molecule has 0 radical (unpaired) electrons. The predicted molar refractivity (Wildman–Crippen MR) is 105 cm³/mol. The number of benzene rings is 1. The average molecular weight is 458 g/mol. The molecule has 1 aromatic carbocycles. The van der Waals surface area contributed by atoms with E-state index in [-0.39, 0.29) is 29.3 Å². The van der Waals surface area contributed by atoms with Crippen LogP contribution in [0.2, 0.25) is 0 Å². The summed E-state index contributed by atoms with van der Waals surface area (Å²) < 4.78 is 29.3. The number of aliphatic carboxylic acids is 1. The van der Waals surface area contributed by atoms with Gasteiger partial charge in [-0.05, 0) is 41.9 Å². The number of hydrogen-bond donors (Lipinski definition) is 2. The third-order valence-electron chi connectivity index (χ3n) is 6.53. The summed E-state index contributed by atoms with van der Waals surface area (Å²) in [6, 6.07) is 6.01. The maximum atomic E-state index is 13.0. The molecular weight excluding hydrogens is 434 g/mol. The minimum Gasteiger partial charge on any atom is -0.481 e. The highest BCUT2D eigenvalue weighted by molar-refractivity contribution is 9.10. The number of carbonyl (C=O) groups excluding carboxylic acids is 1. The van der Waals surface area contributed by atoms with Crippen molar-refractivity contribution in [1.29, 1.82) is 0 Å². The maximum Gasteiger partial charge on any atom is 0.305 e. The largest absolute Gasteiger partial charge is 0.481 e. The van der Waals surface area contributed by atoms with Gasteiger partial charge >= 0.3 is 5.97 Å². The molecule has 0 amide bonds. The minimum absolute atomic E-state index is 0.0198. The monoisotopic (exact) mass is 457 g/mol. The van der Waals surface area contributed by atoms with Gasteiger partial charge in [-0.25, -0.2) is 13.1 Å². The number of hydrogen-bond acceptors (Lipinski definition) is 4. The van der Waals surface area contributed by atoms with E-state index in [1.807, 2.05) is 13.8 Å². The van der Waals surface area contributed by atoms with Gasteiger partial charge in [0.2, 0.25) is 10.0 Å². The second kappa shape index (κ2) is 6.97. The van der Waals surface area contributed by atoms with Gasteiger partial charge in [0.25, 0.3) is 0 Å².